The average Bonchev–Trinajstić information content (AvgIpc) is 2.34. The Morgan fingerprint density at radius 3 is 2.37 bits per heavy atom. The van der Waals surface area contributed by atoms with Crippen LogP contribution in [0.2, 0.25) is 0 Å². The fourth-order valence-electron chi connectivity index (χ4n) is 1.24. The van der Waals surface area contributed by atoms with Gasteiger partial charge in [-0.25, -0.2) is 0 Å². The minimum atomic E-state index is -3.78. The highest BCUT2D eigenvalue weighted by Gasteiger charge is 2.14. The molecule has 0 fully saturated rings. The Balaban J connectivity index is 2.35. The summed E-state index contributed by atoms with van der Waals surface area (Å²) in [6, 6.07) is 6.30. The van der Waals surface area contributed by atoms with Crippen LogP contribution in [0, 0.1) is 6.92 Å². The van der Waals surface area contributed by atoms with Crippen LogP contribution in [0.1, 0.15) is 12.0 Å². The molecule has 0 aliphatic carbocycles. The molecular weight excluding hydrogens is 272 g/mol. The molecule has 0 bridgehead atoms. The number of ether oxygens (including phenoxy) is 1. The fraction of sp³-hybridized carbons (Fsp3) is 0.417. The Morgan fingerprint density at radius 2 is 1.79 bits per heavy atom. The van der Waals surface area contributed by atoms with Crippen molar-refractivity contribution in [2.24, 2.45) is 0 Å². The molecule has 0 aromatic heterocycles. The van der Waals surface area contributed by atoms with Crippen LogP contribution in [0.5, 0.6) is 0 Å². The van der Waals surface area contributed by atoms with Crippen molar-refractivity contribution in [3.63, 3.8) is 0 Å². The van der Waals surface area contributed by atoms with E-state index in [0.29, 0.717) is 0 Å². The van der Waals surface area contributed by atoms with Gasteiger partial charge in [0.1, 0.15) is 0 Å². The van der Waals surface area contributed by atoms with Crippen LogP contribution in [0.4, 0.5) is 0 Å². The van der Waals surface area contributed by atoms with Crippen molar-refractivity contribution in [1.82, 2.24) is 0 Å². The molecule has 7 heteroatoms. The molecule has 0 saturated carbocycles. The Kier molecular flexibility index (Phi) is 5.94. The van der Waals surface area contributed by atoms with Crippen LogP contribution in [0.3, 0.4) is 0 Å². The number of aryl methyl sites for hydroxylation is 1. The van der Waals surface area contributed by atoms with Gasteiger partial charge in [0.2, 0.25) is 0 Å². The highest BCUT2D eigenvalue weighted by molar-refractivity contribution is 7.86. The van der Waals surface area contributed by atoms with E-state index >= 15 is 0 Å². The molecule has 0 aliphatic rings. The number of hydrogen-bond donors (Lipinski definition) is 1. The van der Waals surface area contributed by atoms with Crippen LogP contribution in [-0.2, 0) is 23.8 Å². The third-order valence-corrected chi connectivity index (χ3v) is 3.56. The van der Waals surface area contributed by atoms with E-state index in [0.717, 1.165) is 5.56 Å². The number of rotatable bonds is 8. The maximum Gasteiger partial charge on any atom is 0.305 e. The molecule has 19 heavy (non-hydrogen) atoms. The van der Waals surface area contributed by atoms with Gasteiger partial charge in [0.15, 0.2) is 0 Å². The molecule has 6 nitrogen and oxygen atoms in total. The second-order valence-corrected chi connectivity index (χ2v) is 5.46. The highest BCUT2D eigenvalue weighted by Crippen LogP contribution is 2.12. The summed E-state index contributed by atoms with van der Waals surface area (Å²) in [7, 11) is -3.78. The Morgan fingerprint density at radius 1 is 1.16 bits per heavy atom. The summed E-state index contributed by atoms with van der Waals surface area (Å²) in [5.74, 6) is -0.965. The van der Waals surface area contributed by atoms with Gasteiger partial charge < -0.3 is 9.84 Å². The Labute approximate surface area is 112 Å². The second kappa shape index (κ2) is 7.22. The highest BCUT2D eigenvalue weighted by atomic mass is 32.2. The monoisotopic (exact) mass is 288 g/mol. The summed E-state index contributed by atoms with van der Waals surface area (Å²) in [5, 5.41) is 8.36. The molecule has 0 spiro atoms. The summed E-state index contributed by atoms with van der Waals surface area (Å²) in [4.78, 5) is 10.3. The van der Waals surface area contributed by atoms with E-state index in [-0.39, 0.29) is 31.1 Å². The van der Waals surface area contributed by atoms with Crippen molar-refractivity contribution in [2.45, 2.75) is 18.2 Å². The number of carboxylic acids is 1. The van der Waals surface area contributed by atoms with Gasteiger partial charge in [0, 0.05) is 0 Å². The van der Waals surface area contributed by atoms with Crippen molar-refractivity contribution in [3.05, 3.63) is 29.8 Å². The van der Waals surface area contributed by atoms with Gasteiger partial charge in [0.05, 0.1) is 31.1 Å². The minimum Gasteiger partial charge on any atom is -0.481 e. The summed E-state index contributed by atoms with van der Waals surface area (Å²) >= 11 is 0. The van der Waals surface area contributed by atoms with E-state index in [4.69, 9.17) is 14.0 Å². The standard InChI is InChI=1S/C12H16O6S/c1-10-2-4-11(5-3-10)19(15,16)18-9-8-17-7-6-12(13)14/h2-5H,6-9H2,1H3,(H,13,14). The van der Waals surface area contributed by atoms with Crippen LogP contribution in [0.25, 0.3) is 0 Å². The molecule has 106 valence electrons. The van der Waals surface area contributed by atoms with Crippen molar-refractivity contribution in [3.8, 4) is 0 Å². The summed E-state index contributed by atoms with van der Waals surface area (Å²) in [6.45, 7) is 1.77. The van der Waals surface area contributed by atoms with Gasteiger partial charge >= 0.3 is 5.97 Å². The minimum absolute atomic E-state index is 0.0262. The average molecular weight is 288 g/mol. The van der Waals surface area contributed by atoms with Crippen LogP contribution >= 0.6 is 0 Å². The lowest BCUT2D eigenvalue weighted by molar-refractivity contribution is -0.138. The molecule has 0 radical (unpaired) electrons. The molecule has 0 atom stereocenters. The number of carbonyl (C=O) groups is 1. The first kappa shape index (κ1) is 15.6. The number of carboxylic acid groups (broad SMARTS) is 1. The van der Waals surface area contributed by atoms with Gasteiger partial charge in [0.25, 0.3) is 10.1 Å². The maximum atomic E-state index is 11.7. The van der Waals surface area contributed by atoms with E-state index in [9.17, 15) is 13.2 Å². The molecule has 1 aromatic carbocycles. The second-order valence-electron chi connectivity index (χ2n) is 3.85. The van der Waals surface area contributed by atoms with Crippen molar-refractivity contribution in [1.29, 1.82) is 0 Å². The van der Waals surface area contributed by atoms with E-state index in [1.165, 1.54) is 12.1 Å². The van der Waals surface area contributed by atoms with E-state index in [1.54, 1.807) is 12.1 Å². The smallest absolute Gasteiger partial charge is 0.305 e. The zero-order chi connectivity index (χ0) is 14.3. The third-order valence-electron chi connectivity index (χ3n) is 2.24. The fourth-order valence-corrected chi connectivity index (χ4v) is 2.13. The molecule has 1 N–H and O–H groups in total. The summed E-state index contributed by atoms with van der Waals surface area (Å²) in [6.07, 6.45) is -0.120. The molecule has 0 unspecified atom stereocenters. The zero-order valence-corrected chi connectivity index (χ0v) is 11.4. The normalized spacial score (nSPS) is 11.4. The molecule has 1 rings (SSSR count). The Bertz CT molecular complexity index is 506. The third kappa shape index (κ3) is 5.82. The first-order valence-corrected chi connectivity index (χ1v) is 7.08. The first-order valence-electron chi connectivity index (χ1n) is 5.67. The summed E-state index contributed by atoms with van der Waals surface area (Å²) < 4.78 is 33.1. The first-order chi connectivity index (χ1) is 8.92. The predicted molar refractivity (Wildman–Crippen MR) is 67.4 cm³/mol. The SMILES string of the molecule is Cc1ccc(S(=O)(=O)OCCOCCC(=O)O)cc1. The molecule has 1 aromatic rings. The van der Waals surface area contributed by atoms with Crippen LogP contribution in [0.15, 0.2) is 29.2 Å². The predicted octanol–water partition coefficient (Wildman–Crippen LogP) is 1.19. The quantitative estimate of drug-likeness (QED) is 0.571. The molecule has 0 saturated heterocycles. The van der Waals surface area contributed by atoms with Gasteiger partial charge in [-0.05, 0) is 19.1 Å². The lowest BCUT2D eigenvalue weighted by atomic mass is 10.2. The lowest BCUT2D eigenvalue weighted by Gasteiger charge is -2.06. The number of hydrogen-bond acceptors (Lipinski definition) is 5. The largest absolute Gasteiger partial charge is 0.481 e. The van der Waals surface area contributed by atoms with Crippen molar-refractivity contribution < 1.29 is 27.2 Å². The van der Waals surface area contributed by atoms with E-state index in [1.807, 2.05) is 6.92 Å². The topological polar surface area (TPSA) is 89.9 Å². The zero-order valence-electron chi connectivity index (χ0n) is 10.5. The molecular formula is C12H16O6S. The summed E-state index contributed by atoms with van der Waals surface area (Å²) in [5.41, 5.74) is 0.955. The number of aliphatic carboxylic acids is 1. The van der Waals surface area contributed by atoms with Gasteiger partial charge in [-0.3, -0.25) is 8.98 Å². The van der Waals surface area contributed by atoms with Crippen LogP contribution in [-0.4, -0.2) is 39.3 Å². The van der Waals surface area contributed by atoms with Crippen molar-refractivity contribution >= 4 is 16.1 Å². The van der Waals surface area contributed by atoms with Crippen molar-refractivity contribution in [2.75, 3.05) is 19.8 Å². The van der Waals surface area contributed by atoms with Crippen LogP contribution < -0.4 is 0 Å². The Hall–Kier alpha value is -1.44. The molecule has 0 amide bonds. The van der Waals surface area contributed by atoms with Gasteiger partial charge in [-0.2, -0.15) is 8.42 Å². The maximum absolute atomic E-state index is 11.7. The number of benzene rings is 1. The van der Waals surface area contributed by atoms with E-state index < -0.39 is 16.1 Å². The molecule has 0 aliphatic heterocycles. The van der Waals surface area contributed by atoms with E-state index in [2.05, 4.69) is 0 Å². The lowest BCUT2D eigenvalue weighted by Crippen LogP contribution is -2.13. The van der Waals surface area contributed by atoms with Gasteiger partial charge in [-0.1, -0.05) is 17.7 Å². The van der Waals surface area contributed by atoms with Gasteiger partial charge in [-0.15, -0.1) is 0 Å². The molecule has 0 heterocycles.